The van der Waals surface area contributed by atoms with E-state index in [0.29, 0.717) is 17.2 Å². The van der Waals surface area contributed by atoms with E-state index in [4.69, 9.17) is 5.73 Å². The molecule has 0 radical (unpaired) electrons. The third-order valence-corrected chi connectivity index (χ3v) is 3.18. The van der Waals surface area contributed by atoms with E-state index in [9.17, 15) is 4.79 Å². The number of anilines is 1. The lowest BCUT2D eigenvalue weighted by Gasteiger charge is -2.22. The van der Waals surface area contributed by atoms with Gasteiger partial charge >= 0.3 is 0 Å². The van der Waals surface area contributed by atoms with Crippen molar-refractivity contribution < 1.29 is 4.79 Å². The summed E-state index contributed by atoms with van der Waals surface area (Å²) in [6, 6.07) is 7.01. The predicted octanol–water partition coefficient (Wildman–Crippen LogP) is 0.998. The fourth-order valence-corrected chi connectivity index (χ4v) is 2.06. The molecule has 0 saturated carbocycles. The molecular formula is C13H19N3O. The second-order valence-corrected chi connectivity index (χ2v) is 4.53. The molecule has 1 aromatic rings. The number of nitrogen functional groups attached to an aromatic ring is 1. The first-order valence-electron chi connectivity index (χ1n) is 6.10. The van der Waals surface area contributed by atoms with Crippen LogP contribution in [0.1, 0.15) is 23.2 Å². The first-order chi connectivity index (χ1) is 8.25. The minimum absolute atomic E-state index is 0.0106. The van der Waals surface area contributed by atoms with Crippen LogP contribution in [0, 0.1) is 5.92 Å². The highest BCUT2D eigenvalue weighted by Gasteiger charge is 2.14. The summed E-state index contributed by atoms with van der Waals surface area (Å²) in [4.78, 5) is 11.8. The van der Waals surface area contributed by atoms with Crippen LogP contribution in [0.5, 0.6) is 0 Å². The summed E-state index contributed by atoms with van der Waals surface area (Å²) in [7, 11) is 0. The zero-order valence-electron chi connectivity index (χ0n) is 9.91. The predicted molar refractivity (Wildman–Crippen MR) is 68.8 cm³/mol. The van der Waals surface area contributed by atoms with Gasteiger partial charge in [-0.3, -0.25) is 4.79 Å². The van der Waals surface area contributed by atoms with E-state index >= 15 is 0 Å². The Morgan fingerprint density at radius 2 is 1.94 bits per heavy atom. The van der Waals surface area contributed by atoms with Crippen molar-refractivity contribution in [3.63, 3.8) is 0 Å². The van der Waals surface area contributed by atoms with Crippen LogP contribution in [-0.4, -0.2) is 25.5 Å². The molecule has 1 aromatic carbocycles. The normalized spacial score (nSPS) is 16.7. The van der Waals surface area contributed by atoms with Crippen molar-refractivity contribution in [1.29, 1.82) is 0 Å². The van der Waals surface area contributed by atoms with E-state index in [0.717, 1.165) is 32.5 Å². The molecule has 4 heteroatoms. The molecule has 0 atom stereocenters. The summed E-state index contributed by atoms with van der Waals surface area (Å²) in [6.45, 7) is 2.88. The fourth-order valence-electron chi connectivity index (χ4n) is 2.06. The minimum atomic E-state index is -0.0106. The second-order valence-electron chi connectivity index (χ2n) is 4.53. The summed E-state index contributed by atoms with van der Waals surface area (Å²) in [5.74, 6) is 0.595. The van der Waals surface area contributed by atoms with Gasteiger partial charge < -0.3 is 16.4 Å². The molecule has 0 aliphatic carbocycles. The number of rotatable bonds is 3. The Balaban J connectivity index is 1.82. The van der Waals surface area contributed by atoms with E-state index in [1.54, 1.807) is 24.3 Å². The lowest BCUT2D eigenvalue weighted by atomic mass is 9.98. The van der Waals surface area contributed by atoms with Crippen LogP contribution in [0.15, 0.2) is 24.3 Å². The van der Waals surface area contributed by atoms with Crippen molar-refractivity contribution in [2.24, 2.45) is 5.92 Å². The van der Waals surface area contributed by atoms with Crippen LogP contribution >= 0.6 is 0 Å². The molecule has 1 fully saturated rings. The second kappa shape index (κ2) is 5.68. The summed E-state index contributed by atoms with van der Waals surface area (Å²) in [6.07, 6.45) is 2.28. The zero-order chi connectivity index (χ0) is 12.1. The maximum atomic E-state index is 11.8. The van der Waals surface area contributed by atoms with Gasteiger partial charge in [-0.05, 0) is 56.1 Å². The summed E-state index contributed by atoms with van der Waals surface area (Å²) in [5.41, 5.74) is 6.93. The molecule has 1 amide bonds. The number of carbonyl (C=O) groups excluding carboxylic acids is 1. The molecule has 1 heterocycles. The molecule has 2 rings (SSSR count). The summed E-state index contributed by atoms with van der Waals surface area (Å²) < 4.78 is 0. The highest BCUT2D eigenvalue weighted by molar-refractivity contribution is 5.94. The molecular weight excluding hydrogens is 214 g/mol. The van der Waals surface area contributed by atoms with Gasteiger partial charge in [0.2, 0.25) is 0 Å². The lowest BCUT2D eigenvalue weighted by molar-refractivity contribution is 0.0944. The van der Waals surface area contributed by atoms with Crippen LogP contribution in [0.2, 0.25) is 0 Å². The van der Waals surface area contributed by atoms with Gasteiger partial charge in [0.05, 0.1) is 0 Å². The van der Waals surface area contributed by atoms with Crippen LogP contribution in [0.4, 0.5) is 5.69 Å². The smallest absolute Gasteiger partial charge is 0.251 e. The molecule has 0 aromatic heterocycles. The highest BCUT2D eigenvalue weighted by atomic mass is 16.1. The Morgan fingerprint density at radius 3 is 2.59 bits per heavy atom. The molecule has 4 N–H and O–H groups in total. The van der Waals surface area contributed by atoms with E-state index in [-0.39, 0.29) is 5.91 Å². The first-order valence-corrected chi connectivity index (χ1v) is 6.10. The van der Waals surface area contributed by atoms with Crippen molar-refractivity contribution in [2.45, 2.75) is 12.8 Å². The van der Waals surface area contributed by atoms with Gasteiger partial charge in [0, 0.05) is 17.8 Å². The lowest BCUT2D eigenvalue weighted by Crippen LogP contribution is -2.35. The number of hydrogen-bond donors (Lipinski definition) is 3. The van der Waals surface area contributed by atoms with Crippen LogP contribution < -0.4 is 16.4 Å². The molecule has 1 aliphatic rings. The van der Waals surface area contributed by atoms with E-state index < -0.39 is 0 Å². The maximum Gasteiger partial charge on any atom is 0.251 e. The Kier molecular flexibility index (Phi) is 3.98. The number of nitrogens with two attached hydrogens (primary N) is 1. The van der Waals surface area contributed by atoms with E-state index in [2.05, 4.69) is 10.6 Å². The number of amides is 1. The minimum Gasteiger partial charge on any atom is -0.399 e. The third-order valence-electron chi connectivity index (χ3n) is 3.18. The average molecular weight is 233 g/mol. The molecule has 92 valence electrons. The number of piperidine rings is 1. The van der Waals surface area contributed by atoms with Gasteiger partial charge in [0.15, 0.2) is 0 Å². The van der Waals surface area contributed by atoms with Crippen molar-refractivity contribution in [3.8, 4) is 0 Å². The molecule has 0 unspecified atom stereocenters. The SMILES string of the molecule is Nc1ccc(C(=O)NCC2CCNCC2)cc1. The quantitative estimate of drug-likeness (QED) is 0.682. The Morgan fingerprint density at radius 1 is 1.29 bits per heavy atom. The third kappa shape index (κ3) is 3.46. The molecule has 4 nitrogen and oxygen atoms in total. The number of hydrogen-bond acceptors (Lipinski definition) is 3. The summed E-state index contributed by atoms with van der Waals surface area (Å²) >= 11 is 0. The van der Waals surface area contributed by atoms with E-state index in [1.807, 2.05) is 0 Å². The van der Waals surface area contributed by atoms with Crippen molar-refractivity contribution >= 4 is 11.6 Å². The van der Waals surface area contributed by atoms with Crippen LogP contribution in [0.25, 0.3) is 0 Å². The average Bonchev–Trinajstić information content (AvgIpc) is 2.38. The van der Waals surface area contributed by atoms with E-state index in [1.165, 1.54) is 0 Å². The van der Waals surface area contributed by atoms with Gasteiger partial charge in [-0.25, -0.2) is 0 Å². The van der Waals surface area contributed by atoms with Crippen molar-refractivity contribution in [3.05, 3.63) is 29.8 Å². The molecule has 0 spiro atoms. The maximum absolute atomic E-state index is 11.8. The van der Waals surface area contributed by atoms with Gasteiger partial charge in [0.25, 0.3) is 5.91 Å². The molecule has 0 bridgehead atoms. The van der Waals surface area contributed by atoms with Crippen molar-refractivity contribution in [2.75, 3.05) is 25.4 Å². The monoisotopic (exact) mass is 233 g/mol. The largest absolute Gasteiger partial charge is 0.399 e. The number of nitrogens with one attached hydrogen (secondary N) is 2. The fraction of sp³-hybridized carbons (Fsp3) is 0.462. The molecule has 1 aliphatic heterocycles. The zero-order valence-corrected chi connectivity index (χ0v) is 9.91. The molecule has 1 saturated heterocycles. The first kappa shape index (κ1) is 11.9. The van der Waals surface area contributed by atoms with Gasteiger partial charge in [-0.2, -0.15) is 0 Å². The highest BCUT2D eigenvalue weighted by Crippen LogP contribution is 2.10. The topological polar surface area (TPSA) is 67.2 Å². The number of carbonyl (C=O) groups is 1. The Bertz CT molecular complexity index is 369. The van der Waals surface area contributed by atoms with Crippen molar-refractivity contribution in [1.82, 2.24) is 10.6 Å². The van der Waals surface area contributed by atoms with Crippen LogP contribution in [0.3, 0.4) is 0 Å². The van der Waals surface area contributed by atoms with Gasteiger partial charge in [-0.15, -0.1) is 0 Å². The standard InChI is InChI=1S/C13H19N3O/c14-12-3-1-11(2-4-12)13(17)16-9-10-5-7-15-8-6-10/h1-4,10,15H,5-9,14H2,(H,16,17). The number of benzene rings is 1. The van der Waals surface area contributed by atoms with Gasteiger partial charge in [-0.1, -0.05) is 0 Å². The summed E-state index contributed by atoms with van der Waals surface area (Å²) in [5, 5.41) is 6.29. The Hall–Kier alpha value is -1.55. The molecule has 17 heavy (non-hydrogen) atoms. The Labute approximate surface area is 102 Å². The van der Waals surface area contributed by atoms with Gasteiger partial charge in [0.1, 0.15) is 0 Å². The van der Waals surface area contributed by atoms with Crippen LogP contribution in [-0.2, 0) is 0 Å².